The first kappa shape index (κ1) is 12.4. The molecule has 0 bridgehead atoms. The number of carbonyl (C=O) groups excluding carboxylic acids is 1. The molecule has 3 rings (SSSR count). The largest absolute Gasteiger partial charge is 0.351 e. The molecule has 1 aliphatic heterocycles. The lowest BCUT2D eigenvalue weighted by Crippen LogP contribution is -2.33. The number of hydrogen-bond acceptors (Lipinski definition) is 3. The Hall–Kier alpha value is -1.62. The molecule has 1 amide bonds. The lowest BCUT2D eigenvalue weighted by atomic mass is 9.98. The Balaban J connectivity index is 1.56. The summed E-state index contributed by atoms with van der Waals surface area (Å²) in [7, 11) is 0. The van der Waals surface area contributed by atoms with Gasteiger partial charge < -0.3 is 9.88 Å². The molecule has 0 saturated carbocycles. The first-order valence-corrected chi connectivity index (χ1v) is 7.44. The van der Waals surface area contributed by atoms with Gasteiger partial charge in [0.1, 0.15) is 5.82 Å². The molecule has 2 aromatic rings. The van der Waals surface area contributed by atoms with E-state index in [2.05, 4.69) is 14.9 Å². The number of amides is 1. The minimum absolute atomic E-state index is 0.0569. The summed E-state index contributed by atoms with van der Waals surface area (Å²) < 4.78 is 2.20. The molecular weight excluding hydrogens is 258 g/mol. The van der Waals surface area contributed by atoms with Gasteiger partial charge in [-0.3, -0.25) is 4.79 Å². The SMILES string of the molecule is Cc1ccsc1C(=O)NCC1CCn2ccnc2C1. The van der Waals surface area contributed by atoms with Crippen molar-refractivity contribution in [3.05, 3.63) is 40.1 Å². The maximum atomic E-state index is 12.0. The Bertz CT molecular complexity index is 587. The van der Waals surface area contributed by atoms with Crippen LogP contribution in [-0.4, -0.2) is 22.0 Å². The Kier molecular flexibility index (Phi) is 3.38. The van der Waals surface area contributed by atoms with Crippen LogP contribution < -0.4 is 5.32 Å². The number of fused-ring (bicyclic) bond motifs is 1. The predicted molar refractivity (Wildman–Crippen MR) is 75.4 cm³/mol. The second-order valence-corrected chi connectivity index (χ2v) is 5.95. The summed E-state index contributed by atoms with van der Waals surface area (Å²) in [5.74, 6) is 1.69. The summed E-state index contributed by atoms with van der Waals surface area (Å²) in [4.78, 5) is 17.2. The van der Waals surface area contributed by atoms with Gasteiger partial charge in [-0.05, 0) is 36.3 Å². The second kappa shape index (κ2) is 5.17. The molecule has 1 aliphatic rings. The molecule has 19 heavy (non-hydrogen) atoms. The Morgan fingerprint density at radius 1 is 1.63 bits per heavy atom. The molecule has 5 heteroatoms. The standard InChI is InChI=1S/C14H17N3OS/c1-10-3-7-19-13(10)14(18)16-9-11-2-5-17-6-4-15-12(17)8-11/h3-4,6-7,11H,2,5,8-9H2,1H3,(H,16,18). The van der Waals surface area contributed by atoms with Crippen molar-refractivity contribution in [3.63, 3.8) is 0 Å². The van der Waals surface area contributed by atoms with Crippen LogP contribution in [0.3, 0.4) is 0 Å². The number of carbonyl (C=O) groups is 1. The van der Waals surface area contributed by atoms with Crippen LogP contribution >= 0.6 is 11.3 Å². The molecule has 1 N–H and O–H groups in total. The monoisotopic (exact) mass is 275 g/mol. The van der Waals surface area contributed by atoms with Crippen LogP contribution in [0.25, 0.3) is 0 Å². The van der Waals surface area contributed by atoms with Crippen molar-refractivity contribution in [2.75, 3.05) is 6.54 Å². The summed E-state index contributed by atoms with van der Waals surface area (Å²) in [5.41, 5.74) is 1.06. The van der Waals surface area contributed by atoms with Crippen molar-refractivity contribution >= 4 is 17.2 Å². The highest BCUT2D eigenvalue weighted by atomic mass is 32.1. The van der Waals surface area contributed by atoms with Gasteiger partial charge in [0.15, 0.2) is 0 Å². The molecule has 100 valence electrons. The number of aryl methyl sites for hydroxylation is 2. The Morgan fingerprint density at radius 2 is 2.53 bits per heavy atom. The fraction of sp³-hybridized carbons (Fsp3) is 0.429. The van der Waals surface area contributed by atoms with Crippen molar-refractivity contribution in [1.82, 2.24) is 14.9 Å². The first-order valence-electron chi connectivity index (χ1n) is 6.56. The zero-order chi connectivity index (χ0) is 13.2. The van der Waals surface area contributed by atoms with Crippen molar-refractivity contribution < 1.29 is 4.79 Å². The third-order valence-corrected chi connectivity index (χ3v) is 4.69. The maximum Gasteiger partial charge on any atom is 0.261 e. The van der Waals surface area contributed by atoms with Crippen LogP contribution in [0, 0.1) is 12.8 Å². The average Bonchev–Trinajstić information content (AvgIpc) is 3.03. The van der Waals surface area contributed by atoms with Gasteiger partial charge in [0.25, 0.3) is 5.91 Å². The van der Waals surface area contributed by atoms with Crippen LogP contribution in [0.2, 0.25) is 0 Å². The van der Waals surface area contributed by atoms with E-state index < -0.39 is 0 Å². The zero-order valence-electron chi connectivity index (χ0n) is 10.9. The molecule has 0 radical (unpaired) electrons. The smallest absolute Gasteiger partial charge is 0.261 e. The fourth-order valence-corrected chi connectivity index (χ4v) is 3.35. The normalized spacial score (nSPS) is 18.1. The Labute approximate surface area is 116 Å². The summed E-state index contributed by atoms with van der Waals surface area (Å²) in [6.07, 6.45) is 5.94. The average molecular weight is 275 g/mol. The van der Waals surface area contributed by atoms with Crippen LogP contribution in [-0.2, 0) is 13.0 Å². The van der Waals surface area contributed by atoms with E-state index in [-0.39, 0.29) is 5.91 Å². The topological polar surface area (TPSA) is 46.9 Å². The molecule has 1 unspecified atom stereocenters. The first-order chi connectivity index (χ1) is 9.24. The van der Waals surface area contributed by atoms with Crippen molar-refractivity contribution in [2.45, 2.75) is 26.3 Å². The van der Waals surface area contributed by atoms with Crippen LogP contribution in [0.5, 0.6) is 0 Å². The zero-order valence-corrected chi connectivity index (χ0v) is 11.7. The van der Waals surface area contributed by atoms with Crippen LogP contribution in [0.1, 0.15) is 27.5 Å². The van der Waals surface area contributed by atoms with E-state index in [4.69, 9.17) is 0 Å². The molecule has 2 aromatic heterocycles. The number of imidazole rings is 1. The van der Waals surface area contributed by atoms with E-state index in [1.165, 1.54) is 11.3 Å². The Morgan fingerprint density at radius 3 is 3.32 bits per heavy atom. The molecular formula is C14H17N3OS. The van der Waals surface area contributed by atoms with E-state index in [0.717, 1.165) is 42.2 Å². The van der Waals surface area contributed by atoms with E-state index in [9.17, 15) is 4.79 Å². The highest BCUT2D eigenvalue weighted by Gasteiger charge is 2.20. The number of nitrogens with one attached hydrogen (secondary N) is 1. The van der Waals surface area contributed by atoms with E-state index in [1.54, 1.807) is 0 Å². The van der Waals surface area contributed by atoms with E-state index in [0.29, 0.717) is 5.92 Å². The van der Waals surface area contributed by atoms with Crippen molar-refractivity contribution in [3.8, 4) is 0 Å². The quantitative estimate of drug-likeness (QED) is 0.934. The molecule has 4 nitrogen and oxygen atoms in total. The summed E-state index contributed by atoms with van der Waals surface area (Å²) in [6.45, 7) is 3.72. The van der Waals surface area contributed by atoms with Crippen LogP contribution in [0.4, 0.5) is 0 Å². The second-order valence-electron chi connectivity index (χ2n) is 5.04. The van der Waals surface area contributed by atoms with Gasteiger partial charge in [-0.1, -0.05) is 0 Å². The number of hydrogen-bond donors (Lipinski definition) is 1. The number of aromatic nitrogens is 2. The maximum absolute atomic E-state index is 12.0. The summed E-state index contributed by atoms with van der Waals surface area (Å²) >= 11 is 1.51. The van der Waals surface area contributed by atoms with Crippen LogP contribution in [0.15, 0.2) is 23.8 Å². The molecule has 0 spiro atoms. The fourth-order valence-electron chi connectivity index (χ4n) is 2.51. The van der Waals surface area contributed by atoms with Gasteiger partial charge in [-0.2, -0.15) is 0 Å². The molecule has 3 heterocycles. The molecule has 1 atom stereocenters. The molecule has 0 aliphatic carbocycles. The van der Waals surface area contributed by atoms with Gasteiger partial charge in [-0.25, -0.2) is 4.98 Å². The van der Waals surface area contributed by atoms with Gasteiger partial charge >= 0.3 is 0 Å². The molecule has 0 saturated heterocycles. The highest BCUT2D eigenvalue weighted by molar-refractivity contribution is 7.12. The third-order valence-electron chi connectivity index (χ3n) is 3.67. The van der Waals surface area contributed by atoms with Gasteiger partial charge in [0.2, 0.25) is 0 Å². The summed E-state index contributed by atoms with van der Waals surface area (Å²) in [5, 5.41) is 5.01. The van der Waals surface area contributed by atoms with E-state index in [1.807, 2.05) is 30.8 Å². The highest BCUT2D eigenvalue weighted by Crippen LogP contribution is 2.19. The number of nitrogens with zero attached hydrogens (tertiary/aromatic N) is 2. The van der Waals surface area contributed by atoms with E-state index >= 15 is 0 Å². The minimum Gasteiger partial charge on any atom is -0.351 e. The van der Waals surface area contributed by atoms with Crippen molar-refractivity contribution in [2.24, 2.45) is 5.92 Å². The van der Waals surface area contributed by atoms with Gasteiger partial charge in [-0.15, -0.1) is 11.3 Å². The van der Waals surface area contributed by atoms with Gasteiger partial charge in [0.05, 0.1) is 4.88 Å². The predicted octanol–water partition coefficient (Wildman–Crippen LogP) is 2.25. The van der Waals surface area contributed by atoms with Crippen molar-refractivity contribution in [1.29, 1.82) is 0 Å². The number of thiophene rings is 1. The lowest BCUT2D eigenvalue weighted by Gasteiger charge is -2.23. The summed E-state index contributed by atoms with van der Waals surface area (Å²) in [6, 6.07) is 1.98. The third kappa shape index (κ3) is 2.56. The lowest BCUT2D eigenvalue weighted by molar-refractivity contribution is 0.0948. The van der Waals surface area contributed by atoms with Gasteiger partial charge in [0, 0.05) is 31.9 Å². The molecule has 0 aromatic carbocycles. The molecule has 0 fully saturated rings. The minimum atomic E-state index is 0.0569. The number of rotatable bonds is 3.